The largest absolute Gasteiger partial charge is 0.444 e. The van der Waals surface area contributed by atoms with Gasteiger partial charge in [-0.15, -0.1) is 0 Å². The number of rotatable bonds is 7. The van der Waals surface area contributed by atoms with Crippen LogP contribution in [0.4, 0.5) is 4.79 Å². The maximum Gasteiger partial charge on any atom is 0.410 e. The van der Waals surface area contributed by atoms with Gasteiger partial charge in [0.2, 0.25) is 0 Å². The van der Waals surface area contributed by atoms with Gasteiger partial charge in [0.15, 0.2) is 5.96 Å². The fraction of sp³-hybridized carbons (Fsp3) is 0.867. The molecule has 0 atom stereocenters. The van der Waals surface area contributed by atoms with Crippen molar-refractivity contribution in [3.8, 4) is 0 Å². The van der Waals surface area contributed by atoms with Gasteiger partial charge in [-0.2, -0.15) is 11.8 Å². The van der Waals surface area contributed by atoms with E-state index in [1.54, 1.807) is 18.8 Å². The Morgan fingerprint density at radius 3 is 2.45 bits per heavy atom. The molecule has 1 amide bonds. The second kappa shape index (κ2) is 9.12. The van der Waals surface area contributed by atoms with Gasteiger partial charge in [0.05, 0.1) is 0 Å². The van der Waals surface area contributed by atoms with Crippen LogP contribution >= 0.6 is 11.8 Å². The molecule has 6 nitrogen and oxygen atoms in total. The molecule has 0 aromatic carbocycles. The van der Waals surface area contributed by atoms with Gasteiger partial charge in [0.25, 0.3) is 0 Å². The molecule has 1 saturated carbocycles. The third-order valence-electron chi connectivity index (χ3n) is 3.08. The van der Waals surface area contributed by atoms with Crippen LogP contribution in [-0.4, -0.2) is 67.3 Å². The minimum Gasteiger partial charge on any atom is -0.444 e. The van der Waals surface area contributed by atoms with Crippen molar-refractivity contribution >= 4 is 23.8 Å². The Hall–Kier alpha value is -1.11. The molecule has 0 unspecified atom stereocenters. The van der Waals surface area contributed by atoms with Crippen molar-refractivity contribution < 1.29 is 9.53 Å². The molecule has 1 rings (SSSR count). The van der Waals surface area contributed by atoms with E-state index in [0.717, 1.165) is 31.1 Å². The van der Waals surface area contributed by atoms with Gasteiger partial charge in [-0.05, 0) is 39.9 Å². The average Bonchev–Trinajstić information content (AvgIpc) is 3.24. The maximum absolute atomic E-state index is 12.2. The van der Waals surface area contributed by atoms with Gasteiger partial charge in [-0.1, -0.05) is 0 Å². The van der Waals surface area contributed by atoms with Crippen molar-refractivity contribution in [1.29, 1.82) is 0 Å². The summed E-state index contributed by atoms with van der Waals surface area (Å²) in [4.78, 5) is 18.2. The van der Waals surface area contributed by atoms with Crippen molar-refractivity contribution in [3.63, 3.8) is 0 Å². The Morgan fingerprint density at radius 2 is 1.95 bits per heavy atom. The highest BCUT2D eigenvalue weighted by molar-refractivity contribution is 7.98. The molecule has 0 aliphatic heterocycles. The minimum atomic E-state index is -0.451. The van der Waals surface area contributed by atoms with Crippen LogP contribution in [-0.2, 0) is 4.74 Å². The molecule has 0 radical (unpaired) electrons. The van der Waals surface area contributed by atoms with Gasteiger partial charge in [-0.3, -0.25) is 4.99 Å². The molecule has 1 aliphatic carbocycles. The van der Waals surface area contributed by atoms with Crippen molar-refractivity contribution in [1.82, 2.24) is 15.5 Å². The summed E-state index contributed by atoms with van der Waals surface area (Å²) in [7, 11) is 1.75. The van der Waals surface area contributed by atoms with Crippen molar-refractivity contribution in [3.05, 3.63) is 0 Å². The lowest BCUT2D eigenvalue weighted by atomic mass is 10.2. The smallest absolute Gasteiger partial charge is 0.410 e. The molecule has 1 aliphatic rings. The molecule has 0 aromatic rings. The highest BCUT2D eigenvalue weighted by Gasteiger charge is 2.34. The third-order valence-corrected chi connectivity index (χ3v) is 3.70. The van der Waals surface area contributed by atoms with Gasteiger partial charge < -0.3 is 20.3 Å². The zero-order chi connectivity index (χ0) is 16.6. The van der Waals surface area contributed by atoms with E-state index >= 15 is 0 Å². The van der Waals surface area contributed by atoms with Crippen LogP contribution in [0.25, 0.3) is 0 Å². The average molecular weight is 330 g/mol. The summed E-state index contributed by atoms with van der Waals surface area (Å²) in [6, 6.07) is 0.336. The lowest BCUT2D eigenvalue weighted by Gasteiger charge is -2.27. The lowest BCUT2D eigenvalue weighted by molar-refractivity contribution is 0.0238. The van der Waals surface area contributed by atoms with E-state index in [9.17, 15) is 4.79 Å². The van der Waals surface area contributed by atoms with Crippen LogP contribution < -0.4 is 10.6 Å². The molecule has 2 N–H and O–H groups in total. The summed E-state index contributed by atoms with van der Waals surface area (Å²) in [6.07, 6.45) is 3.99. The van der Waals surface area contributed by atoms with Crippen molar-refractivity contribution in [2.75, 3.05) is 38.7 Å². The minimum absolute atomic E-state index is 0.220. The summed E-state index contributed by atoms with van der Waals surface area (Å²) < 4.78 is 5.48. The Morgan fingerprint density at radius 1 is 1.32 bits per heavy atom. The van der Waals surface area contributed by atoms with Gasteiger partial charge in [-0.25, -0.2) is 4.79 Å². The van der Waals surface area contributed by atoms with Crippen LogP contribution in [0, 0.1) is 0 Å². The maximum atomic E-state index is 12.2. The molecule has 7 heteroatoms. The Labute approximate surface area is 138 Å². The number of guanidine groups is 1. The normalized spacial score (nSPS) is 15.4. The Kier molecular flexibility index (Phi) is 7.85. The van der Waals surface area contributed by atoms with E-state index in [-0.39, 0.29) is 6.09 Å². The van der Waals surface area contributed by atoms with Crippen LogP contribution in [0.2, 0.25) is 0 Å². The zero-order valence-corrected chi connectivity index (χ0v) is 15.3. The monoisotopic (exact) mass is 330 g/mol. The predicted molar refractivity (Wildman–Crippen MR) is 93.7 cm³/mol. The molecule has 128 valence electrons. The Bertz CT molecular complexity index is 378. The number of carbonyl (C=O) groups excluding carboxylic acids is 1. The van der Waals surface area contributed by atoms with E-state index in [2.05, 4.69) is 21.9 Å². The topological polar surface area (TPSA) is 66.0 Å². The SMILES string of the molecule is CN=C(NCCSC)NCCN(C(=O)OC(C)(C)C)C1CC1. The van der Waals surface area contributed by atoms with E-state index < -0.39 is 5.60 Å². The second-order valence-corrected chi connectivity index (χ2v) is 7.31. The molecular weight excluding hydrogens is 300 g/mol. The Balaban J connectivity index is 2.37. The van der Waals surface area contributed by atoms with Crippen molar-refractivity contribution in [2.24, 2.45) is 4.99 Å². The number of aliphatic imine (C=N–C) groups is 1. The number of ether oxygens (including phenoxy) is 1. The molecular formula is C15H30N4O2S. The zero-order valence-electron chi connectivity index (χ0n) is 14.4. The lowest BCUT2D eigenvalue weighted by Crippen LogP contribution is -2.45. The first kappa shape index (κ1) is 18.9. The van der Waals surface area contributed by atoms with Crippen LogP contribution in [0.3, 0.4) is 0 Å². The quantitative estimate of drug-likeness (QED) is 0.424. The van der Waals surface area contributed by atoms with E-state index in [4.69, 9.17) is 4.74 Å². The fourth-order valence-corrected chi connectivity index (χ4v) is 2.22. The molecule has 0 bridgehead atoms. The number of amides is 1. The first-order valence-electron chi connectivity index (χ1n) is 7.80. The van der Waals surface area contributed by atoms with Crippen LogP contribution in [0.15, 0.2) is 4.99 Å². The highest BCUT2D eigenvalue weighted by Crippen LogP contribution is 2.27. The number of hydrogen-bond acceptors (Lipinski definition) is 4. The summed E-state index contributed by atoms with van der Waals surface area (Å²) in [5, 5.41) is 6.48. The van der Waals surface area contributed by atoms with Gasteiger partial charge in [0, 0.05) is 38.5 Å². The number of nitrogens with one attached hydrogen (secondary N) is 2. The fourth-order valence-electron chi connectivity index (χ4n) is 1.92. The molecule has 0 aromatic heterocycles. The number of hydrogen-bond donors (Lipinski definition) is 2. The van der Waals surface area contributed by atoms with Crippen molar-refractivity contribution in [2.45, 2.75) is 45.3 Å². The van der Waals surface area contributed by atoms with Gasteiger partial charge in [0.1, 0.15) is 5.60 Å². The molecule has 1 fully saturated rings. The van der Waals surface area contributed by atoms with Crippen LogP contribution in [0.5, 0.6) is 0 Å². The predicted octanol–water partition coefficient (Wildman–Crippen LogP) is 1.91. The van der Waals surface area contributed by atoms with Gasteiger partial charge >= 0.3 is 6.09 Å². The highest BCUT2D eigenvalue weighted by atomic mass is 32.2. The standard InChI is InChI=1S/C15H30N4O2S/c1-15(2,3)21-14(20)19(12-6-7-12)10-8-17-13(16-4)18-9-11-22-5/h12H,6-11H2,1-5H3,(H2,16,17,18). The summed E-state index contributed by atoms with van der Waals surface area (Å²) in [6.45, 7) is 7.85. The summed E-state index contributed by atoms with van der Waals surface area (Å²) in [5.74, 6) is 1.81. The summed E-state index contributed by atoms with van der Waals surface area (Å²) in [5.41, 5.74) is -0.451. The second-order valence-electron chi connectivity index (χ2n) is 6.32. The first-order valence-corrected chi connectivity index (χ1v) is 9.20. The summed E-state index contributed by atoms with van der Waals surface area (Å²) >= 11 is 1.79. The van der Waals surface area contributed by atoms with E-state index in [0.29, 0.717) is 19.1 Å². The molecule has 0 spiro atoms. The molecule has 22 heavy (non-hydrogen) atoms. The van der Waals surface area contributed by atoms with E-state index in [1.165, 1.54) is 0 Å². The third kappa shape index (κ3) is 7.77. The van der Waals surface area contributed by atoms with E-state index in [1.807, 2.05) is 25.7 Å². The number of carbonyl (C=O) groups is 1. The number of nitrogens with zero attached hydrogens (tertiary/aromatic N) is 2. The number of thioether (sulfide) groups is 1. The van der Waals surface area contributed by atoms with Crippen LogP contribution in [0.1, 0.15) is 33.6 Å². The molecule has 0 heterocycles. The molecule has 0 saturated heterocycles. The first-order chi connectivity index (χ1) is 10.4.